The Balaban J connectivity index is 1.26. The summed E-state index contributed by atoms with van der Waals surface area (Å²) >= 11 is 13.9. The van der Waals surface area contributed by atoms with Gasteiger partial charge in [-0.25, -0.2) is 4.79 Å². The van der Waals surface area contributed by atoms with Gasteiger partial charge in [-0.3, -0.25) is 4.90 Å². The first-order valence-corrected chi connectivity index (χ1v) is 10.7. The lowest BCUT2D eigenvalue weighted by molar-refractivity contribution is 0.135. The summed E-state index contributed by atoms with van der Waals surface area (Å²) < 4.78 is 11.9. The molecule has 2 amide bonds. The van der Waals surface area contributed by atoms with Crippen LogP contribution in [0.5, 0.6) is 11.5 Å². The van der Waals surface area contributed by atoms with E-state index in [0.29, 0.717) is 49.4 Å². The molecule has 0 saturated carbocycles. The lowest BCUT2D eigenvalue weighted by Crippen LogP contribution is -2.51. The summed E-state index contributed by atoms with van der Waals surface area (Å²) in [6, 6.07) is 7.59. The number of nitrogens with zero attached hydrogens (tertiary/aromatic N) is 2. The monoisotopic (exact) mass is 441 g/mol. The third-order valence-electron chi connectivity index (χ3n) is 4.77. The zero-order chi connectivity index (χ0) is 19.5. The van der Waals surface area contributed by atoms with Crippen molar-refractivity contribution in [2.24, 2.45) is 0 Å². The van der Waals surface area contributed by atoms with Gasteiger partial charge in [-0.05, 0) is 29.8 Å². The maximum atomic E-state index is 12.5. The highest BCUT2D eigenvalue weighted by molar-refractivity contribution is 7.16. The van der Waals surface area contributed by atoms with Crippen LogP contribution in [0.3, 0.4) is 0 Å². The van der Waals surface area contributed by atoms with E-state index in [4.69, 9.17) is 32.7 Å². The number of piperazine rings is 1. The van der Waals surface area contributed by atoms with Gasteiger partial charge in [-0.2, -0.15) is 0 Å². The summed E-state index contributed by atoms with van der Waals surface area (Å²) in [6.45, 7) is 5.36. The molecule has 3 heterocycles. The van der Waals surface area contributed by atoms with E-state index in [9.17, 15) is 4.79 Å². The van der Waals surface area contributed by atoms with E-state index in [1.807, 2.05) is 17.0 Å². The number of amides is 2. The van der Waals surface area contributed by atoms with Gasteiger partial charge in [0.2, 0.25) is 0 Å². The van der Waals surface area contributed by atoms with Crippen LogP contribution in [0.15, 0.2) is 24.3 Å². The zero-order valence-electron chi connectivity index (χ0n) is 15.2. The van der Waals surface area contributed by atoms with Crippen molar-refractivity contribution in [3.05, 3.63) is 44.1 Å². The van der Waals surface area contributed by atoms with E-state index in [0.717, 1.165) is 29.5 Å². The average Bonchev–Trinajstić information content (AvgIpc) is 3.11. The van der Waals surface area contributed by atoms with Crippen molar-refractivity contribution in [3.63, 3.8) is 0 Å². The standard InChI is InChI=1S/C19H21Cl2N3O3S/c20-15-9-13(10-16-18(15)27-8-7-26-16)11-22-19(25)24-5-3-23(4-6-24)12-14-1-2-17(21)28-14/h1-2,9-10H,3-8,11-12H2,(H,22,25). The van der Waals surface area contributed by atoms with Crippen LogP contribution in [-0.2, 0) is 13.1 Å². The Morgan fingerprint density at radius 1 is 1.11 bits per heavy atom. The number of urea groups is 1. The van der Waals surface area contributed by atoms with Crippen LogP contribution in [0.4, 0.5) is 4.79 Å². The first-order valence-electron chi connectivity index (χ1n) is 9.16. The van der Waals surface area contributed by atoms with Gasteiger partial charge >= 0.3 is 6.03 Å². The lowest BCUT2D eigenvalue weighted by atomic mass is 10.2. The third kappa shape index (κ3) is 4.66. The molecule has 1 aromatic heterocycles. The average molecular weight is 442 g/mol. The summed E-state index contributed by atoms with van der Waals surface area (Å²) in [6.07, 6.45) is 0. The van der Waals surface area contributed by atoms with Crippen LogP contribution in [0, 0.1) is 0 Å². The summed E-state index contributed by atoms with van der Waals surface area (Å²) in [4.78, 5) is 17.9. The Morgan fingerprint density at radius 2 is 1.89 bits per heavy atom. The highest BCUT2D eigenvalue weighted by atomic mass is 35.5. The van der Waals surface area contributed by atoms with Crippen LogP contribution < -0.4 is 14.8 Å². The SMILES string of the molecule is O=C(NCc1cc(Cl)c2c(c1)OCCO2)N1CCN(Cc2ccc(Cl)s2)CC1. The Bertz CT molecular complexity index is 853. The van der Waals surface area contributed by atoms with Crippen LogP contribution >= 0.6 is 34.5 Å². The van der Waals surface area contributed by atoms with Crippen LogP contribution in [0.2, 0.25) is 9.36 Å². The molecule has 2 aliphatic heterocycles. The molecule has 0 bridgehead atoms. The molecule has 0 unspecified atom stereocenters. The Morgan fingerprint density at radius 3 is 2.64 bits per heavy atom. The minimum absolute atomic E-state index is 0.0650. The maximum Gasteiger partial charge on any atom is 0.317 e. The van der Waals surface area contributed by atoms with Gasteiger partial charge in [-0.1, -0.05) is 23.2 Å². The number of carbonyl (C=O) groups excluding carboxylic acids is 1. The van der Waals surface area contributed by atoms with Gasteiger partial charge in [0, 0.05) is 44.1 Å². The molecule has 1 N–H and O–H groups in total. The fraction of sp³-hybridized carbons (Fsp3) is 0.421. The van der Waals surface area contributed by atoms with Gasteiger partial charge < -0.3 is 19.7 Å². The van der Waals surface area contributed by atoms with Crippen molar-refractivity contribution in [1.29, 1.82) is 0 Å². The number of hydrogen-bond donors (Lipinski definition) is 1. The van der Waals surface area contributed by atoms with E-state index < -0.39 is 0 Å². The second-order valence-electron chi connectivity index (χ2n) is 6.73. The molecule has 2 aliphatic rings. The number of thiophene rings is 1. The molecule has 9 heteroatoms. The zero-order valence-corrected chi connectivity index (χ0v) is 17.6. The number of rotatable bonds is 4. The van der Waals surface area contributed by atoms with Gasteiger partial charge in [0.1, 0.15) is 13.2 Å². The van der Waals surface area contributed by atoms with Crippen molar-refractivity contribution in [1.82, 2.24) is 15.1 Å². The van der Waals surface area contributed by atoms with Crippen LogP contribution in [0.1, 0.15) is 10.4 Å². The van der Waals surface area contributed by atoms with E-state index in [2.05, 4.69) is 16.3 Å². The Kier molecular flexibility index (Phi) is 6.16. The van der Waals surface area contributed by atoms with Crippen molar-refractivity contribution in [3.8, 4) is 11.5 Å². The topological polar surface area (TPSA) is 54.0 Å². The predicted molar refractivity (Wildman–Crippen MR) is 111 cm³/mol. The molecule has 6 nitrogen and oxygen atoms in total. The maximum absolute atomic E-state index is 12.5. The summed E-state index contributed by atoms with van der Waals surface area (Å²) in [5.74, 6) is 1.21. The number of halogens is 2. The van der Waals surface area contributed by atoms with Crippen LogP contribution in [-0.4, -0.2) is 55.2 Å². The quantitative estimate of drug-likeness (QED) is 0.782. The Hall–Kier alpha value is -1.67. The van der Waals surface area contributed by atoms with Crippen LogP contribution in [0.25, 0.3) is 0 Å². The molecular weight excluding hydrogens is 421 g/mol. The molecule has 150 valence electrons. The first kappa shape index (κ1) is 19.6. The second kappa shape index (κ2) is 8.78. The number of carbonyl (C=O) groups is 1. The smallest absolute Gasteiger partial charge is 0.317 e. The van der Waals surface area contributed by atoms with Crippen molar-refractivity contribution in [2.45, 2.75) is 13.1 Å². The van der Waals surface area contributed by atoms with Crippen molar-refractivity contribution < 1.29 is 14.3 Å². The number of hydrogen-bond acceptors (Lipinski definition) is 5. The number of fused-ring (bicyclic) bond motifs is 1. The predicted octanol–water partition coefficient (Wildman–Crippen LogP) is 3.85. The lowest BCUT2D eigenvalue weighted by Gasteiger charge is -2.34. The molecule has 0 atom stereocenters. The summed E-state index contributed by atoms with van der Waals surface area (Å²) in [5.41, 5.74) is 0.885. The normalized spacial score (nSPS) is 16.9. The van der Waals surface area contributed by atoms with E-state index in [1.54, 1.807) is 17.4 Å². The molecule has 0 aliphatic carbocycles. The molecule has 2 aromatic rings. The summed E-state index contributed by atoms with van der Waals surface area (Å²) in [5, 5.41) is 3.47. The van der Waals surface area contributed by atoms with E-state index >= 15 is 0 Å². The molecule has 0 radical (unpaired) electrons. The highest BCUT2D eigenvalue weighted by Gasteiger charge is 2.22. The first-order chi connectivity index (χ1) is 13.6. The second-order valence-corrected chi connectivity index (χ2v) is 8.94. The minimum atomic E-state index is -0.0650. The molecule has 1 aromatic carbocycles. The van der Waals surface area contributed by atoms with E-state index in [1.165, 1.54) is 4.88 Å². The molecule has 1 saturated heterocycles. The highest BCUT2D eigenvalue weighted by Crippen LogP contribution is 2.38. The number of ether oxygens (including phenoxy) is 2. The molecule has 1 fully saturated rings. The van der Waals surface area contributed by atoms with Gasteiger partial charge in [-0.15, -0.1) is 11.3 Å². The van der Waals surface area contributed by atoms with E-state index in [-0.39, 0.29) is 6.03 Å². The number of nitrogens with one attached hydrogen (secondary N) is 1. The van der Waals surface area contributed by atoms with Crippen molar-refractivity contribution in [2.75, 3.05) is 39.4 Å². The fourth-order valence-electron chi connectivity index (χ4n) is 3.32. The molecular formula is C19H21Cl2N3O3S. The minimum Gasteiger partial charge on any atom is -0.486 e. The third-order valence-corrected chi connectivity index (χ3v) is 6.26. The van der Waals surface area contributed by atoms with Gasteiger partial charge in [0.05, 0.1) is 9.36 Å². The van der Waals surface area contributed by atoms with Gasteiger partial charge in [0.25, 0.3) is 0 Å². The molecule has 0 spiro atoms. The molecule has 28 heavy (non-hydrogen) atoms. The number of benzene rings is 1. The summed E-state index contributed by atoms with van der Waals surface area (Å²) in [7, 11) is 0. The molecule has 4 rings (SSSR count). The van der Waals surface area contributed by atoms with Crippen molar-refractivity contribution >= 4 is 40.6 Å². The van der Waals surface area contributed by atoms with Gasteiger partial charge in [0.15, 0.2) is 11.5 Å². The largest absolute Gasteiger partial charge is 0.486 e. The Labute approximate surface area is 177 Å². The fourth-order valence-corrected chi connectivity index (χ4v) is 4.74.